The summed E-state index contributed by atoms with van der Waals surface area (Å²) in [6.45, 7) is 2.00. The second kappa shape index (κ2) is 8.32. The van der Waals surface area contributed by atoms with Crippen LogP contribution in [-0.4, -0.2) is 28.9 Å². The van der Waals surface area contributed by atoms with E-state index in [0.29, 0.717) is 23.7 Å². The summed E-state index contributed by atoms with van der Waals surface area (Å²) in [5, 5.41) is 5.16. The number of hydrogen-bond acceptors (Lipinski definition) is 3. The lowest BCUT2D eigenvalue weighted by atomic mass is 9.81. The molecule has 1 amide bonds. The SMILES string of the molecule is O=C(NCC1CCC(CN2C3CCC2c2ccccc23)CC1)c1nccc2ccccc12. The van der Waals surface area contributed by atoms with E-state index in [-0.39, 0.29) is 5.91 Å². The molecule has 1 N–H and O–H groups in total. The summed E-state index contributed by atoms with van der Waals surface area (Å²) in [5.41, 5.74) is 3.71. The number of benzene rings is 2. The third-order valence-electron chi connectivity index (χ3n) is 8.10. The number of fused-ring (bicyclic) bond motifs is 6. The van der Waals surface area contributed by atoms with Gasteiger partial charge in [0.2, 0.25) is 0 Å². The number of nitrogens with one attached hydrogen (secondary N) is 1. The van der Waals surface area contributed by atoms with E-state index in [1.54, 1.807) is 17.3 Å². The summed E-state index contributed by atoms with van der Waals surface area (Å²) >= 11 is 0. The van der Waals surface area contributed by atoms with Crippen molar-refractivity contribution in [3.05, 3.63) is 77.6 Å². The Bertz CT molecular complexity index is 1100. The van der Waals surface area contributed by atoms with Gasteiger partial charge in [0.15, 0.2) is 0 Å². The fourth-order valence-electron chi connectivity index (χ4n) is 6.44. The van der Waals surface area contributed by atoms with Gasteiger partial charge in [0.05, 0.1) is 0 Å². The largest absolute Gasteiger partial charge is 0.350 e. The van der Waals surface area contributed by atoms with Gasteiger partial charge < -0.3 is 5.32 Å². The Morgan fingerprint density at radius 1 is 0.844 bits per heavy atom. The minimum Gasteiger partial charge on any atom is -0.350 e. The van der Waals surface area contributed by atoms with Crippen LogP contribution in [0.1, 0.15) is 72.2 Å². The Labute approximate surface area is 190 Å². The lowest BCUT2D eigenvalue weighted by Gasteiger charge is -2.33. The van der Waals surface area contributed by atoms with E-state index in [1.807, 2.05) is 30.3 Å². The molecular formula is C28H31N3O. The monoisotopic (exact) mass is 425 g/mol. The summed E-state index contributed by atoms with van der Waals surface area (Å²) < 4.78 is 0. The Morgan fingerprint density at radius 3 is 2.25 bits per heavy atom. The van der Waals surface area contributed by atoms with E-state index in [1.165, 1.54) is 45.1 Å². The lowest BCUT2D eigenvalue weighted by molar-refractivity contribution is 0.0934. The van der Waals surface area contributed by atoms with Crippen LogP contribution in [0.3, 0.4) is 0 Å². The first-order valence-corrected chi connectivity index (χ1v) is 12.2. The molecule has 6 rings (SSSR count). The Hall–Kier alpha value is -2.72. The van der Waals surface area contributed by atoms with Crippen LogP contribution >= 0.6 is 0 Å². The average molecular weight is 426 g/mol. The number of nitrogens with zero attached hydrogens (tertiary/aromatic N) is 2. The first-order valence-electron chi connectivity index (χ1n) is 12.2. The molecule has 3 heterocycles. The van der Waals surface area contributed by atoms with Gasteiger partial charge in [-0.3, -0.25) is 14.7 Å². The molecule has 2 bridgehead atoms. The first-order chi connectivity index (χ1) is 15.8. The highest BCUT2D eigenvalue weighted by molar-refractivity contribution is 6.05. The number of aromatic nitrogens is 1. The predicted octanol–water partition coefficient (Wildman–Crippen LogP) is 5.66. The predicted molar refractivity (Wildman–Crippen MR) is 127 cm³/mol. The molecule has 4 heteroatoms. The first kappa shape index (κ1) is 19.9. The molecular weight excluding hydrogens is 394 g/mol. The molecule has 2 atom stereocenters. The molecule has 32 heavy (non-hydrogen) atoms. The molecule has 1 saturated heterocycles. The molecule has 3 aliphatic rings. The highest BCUT2D eigenvalue weighted by Gasteiger charge is 2.44. The van der Waals surface area contributed by atoms with Crippen molar-refractivity contribution in [2.75, 3.05) is 13.1 Å². The fraction of sp³-hybridized carbons (Fsp3) is 0.429. The van der Waals surface area contributed by atoms with Crippen LogP contribution in [0, 0.1) is 11.8 Å². The number of rotatable bonds is 5. The number of pyridine rings is 1. The van der Waals surface area contributed by atoms with Gasteiger partial charge in [-0.1, -0.05) is 48.5 Å². The van der Waals surface area contributed by atoms with Gasteiger partial charge in [0, 0.05) is 36.8 Å². The molecule has 3 aromatic rings. The third-order valence-corrected chi connectivity index (χ3v) is 8.10. The molecule has 2 aliphatic heterocycles. The van der Waals surface area contributed by atoms with Crippen LogP contribution in [0.4, 0.5) is 0 Å². The smallest absolute Gasteiger partial charge is 0.270 e. The third kappa shape index (κ3) is 3.51. The Morgan fingerprint density at radius 2 is 1.50 bits per heavy atom. The summed E-state index contributed by atoms with van der Waals surface area (Å²) in [7, 11) is 0. The molecule has 164 valence electrons. The molecule has 4 nitrogen and oxygen atoms in total. The van der Waals surface area contributed by atoms with Crippen molar-refractivity contribution in [1.82, 2.24) is 15.2 Å². The van der Waals surface area contributed by atoms with E-state index < -0.39 is 0 Å². The summed E-state index contributed by atoms with van der Waals surface area (Å²) in [6, 6.07) is 20.3. The normalized spacial score (nSPS) is 26.9. The van der Waals surface area contributed by atoms with Crippen molar-refractivity contribution >= 4 is 16.7 Å². The topological polar surface area (TPSA) is 45.2 Å². The second-order valence-electron chi connectivity index (χ2n) is 9.91. The summed E-state index contributed by atoms with van der Waals surface area (Å²) in [6.07, 6.45) is 9.36. The van der Waals surface area contributed by atoms with Crippen LogP contribution in [0.5, 0.6) is 0 Å². The summed E-state index contributed by atoms with van der Waals surface area (Å²) in [4.78, 5) is 20.0. The van der Waals surface area contributed by atoms with Crippen LogP contribution < -0.4 is 5.32 Å². The van der Waals surface area contributed by atoms with E-state index in [0.717, 1.165) is 23.2 Å². The molecule has 0 radical (unpaired) electrons. The molecule has 1 aliphatic carbocycles. The number of amides is 1. The van der Waals surface area contributed by atoms with Crippen molar-refractivity contribution in [3.63, 3.8) is 0 Å². The van der Waals surface area contributed by atoms with E-state index in [9.17, 15) is 4.79 Å². The zero-order chi connectivity index (χ0) is 21.5. The molecule has 2 fully saturated rings. The number of hydrogen-bond donors (Lipinski definition) is 1. The van der Waals surface area contributed by atoms with Gasteiger partial charge in [-0.15, -0.1) is 0 Å². The molecule has 1 saturated carbocycles. The minimum absolute atomic E-state index is 0.0460. The van der Waals surface area contributed by atoms with Gasteiger partial charge in [0.25, 0.3) is 5.91 Å². The van der Waals surface area contributed by atoms with Gasteiger partial charge in [-0.05, 0) is 72.9 Å². The van der Waals surface area contributed by atoms with Gasteiger partial charge in [-0.2, -0.15) is 0 Å². The van der Waals surface area contributed by atoms with Gasteiger partial charge >= 0.3 is 0 Å². The zero-order valence-corrected chi connectivity index (χ0v) is 18.5. The highest BCUT2D eigenvalue weighted by atomic mass is 16.1. The van der Waals surface area contributed by atoms with Crippen LogP contribution in [-0.2, 0) is 0 Å². The zero-order valence-electron chi connectivity index (χ0n) is 18.5. The van der Waals surface area contributed by atoms with Crippen molar-refractivity contribution < 1.29 is 4.79 Å². The summed E-state index contributed by atoms with van der Waals surface area (Å²) in [5.74, 6) is 1.33. The van der Waals surface area contributed by atoms with E-state index >= 15 is 0 Å². The molecule has 2 unspecified atom stereocenters. The van der Waals surface area contributed by atoms with E-state index in [4.69, 9.17) is 0 Å². The maximum atomic E-state index is 12.8. The standard InChI is InChI=1S/C28H31N3O/c32-28(27-22-6-2-1-5-21(22)15-16-29-27)30-17-19-9-11-20(12-10-19)18-31-25-13-14-26(31)24-8-4-3-7-23(24)25/h1-8,15-16,19-20,25-26H,9-14,17-18H2,(H,30,32). The number of carbonyl (C=O) groups excluding carboxylic acids is 1. The Kier molecular flexibility index (Phi) is 5.18. The van der Waals surface area contributed by atoms with Crippen molar-refractivity contribution in [2.24, 2.45) is 11.8 Å². The van der Waals surface area contributed by atoms with Gasteiger partial charge in [-0.25, -0.2) is 0 Å². The van der Waals surface area contributed by atoms with Crippen LogP contribution in [0.15, 0.2) is 60.8 Å². The second-order valence-corrected chi connectivity index (χ2v) is 9.91. The van der Waals surface area contributed by atoms with Gasteiger partial charge in [0.1, 0.15) is 5.69 Å². The Balaban J connectivity index is 1.02. The maximum Gasteiger partial charge on any atom is 0.270 e. The average Bonchev–Trinajstić information content (AvgIpc) is 3.39. The minimum atomic E-state index is -0.0460. The van der Waals surface area contributed by atoms with Crippen molar-refractivity contribution in [3.8, 4) is 0 Å². The number of carbonyl (C=O) groups is 1. The van der Waals surface area contributed by atoms with Crippen molar-refractivity contribution in [1.29, 1.82) is 0 Å². The van der Waals surface area contributed by atoms with E-state index in [2.05, 4.69) is 39.5 Å². The van der Waals surface area contributed by atoms with Crippen LogP contribution in [0.25, 0.3) is 10.8 Å². The highest BCUT2D eigenvalue weighted by Crippen LogP contribution is 2.53. The lowest BCUT2D eigenvalue weighted by Crippen LogP contribution is -2.34. The molecule has 2 aromatic carbocycles. The maximum absolute atomic E-state index is 12.8. The quantitative estimate of drug-likeness (QED) is 0.573. The fourth-order valence-corrected chi connectivity index (χ4v) is 6.44. The molecule has 0 spiro atoms. The van der Waals surface area contributed by atoms with Crippen molar-refractivity contribution in [2.45, 2.75) is 50.6 Å². The molecule has 1 aromatic heterocycles. The van der Waals surface area contributed by atoms with Crippen LogP contribution in [0.2, 0.25) is 0 Å².